The molecule has 0 saturated heterocycles. The van der Waals surface area contributed by atoms with E-state index in [1.807, 2.05) is 0 Å². The number of hydrogen-bond donors (Lipinski definition) is 1. The van der Waals surface area contributed by atoms with Crippen molar-refractivity contribution < 1.29 is 5.11 Å². The van der Waals surface area contributed by atoms with Crippen LogP contribution in [0.5, 0.6) is 0 Å². The van der Waals surface area contributed by atoms with E-state index >= 15 is 0 Å². The average molecular weight is 167 g/mol. The predicted molar refractivity (Wildman–Crippen MR) is 47.3 cm³/mol. The normalized spacial score (nSPS) is 35.7. The van der Waals surface area contributed by atoms with Gasteiger partial charge in [-0.15, -0.1) is 0 Å². The van der Waals surface area contributed by atoms with E-state index in [2.05, 4.69) is 19.9 Å². The smallest absolute Gasteiger partial charge is 0.0695 e. The molecule has 2 nitrogen and oxygen atoms in total. The highest BCUT2D eigenvalue weighted by Gasteiger charge is 2.56. The first-order chi connectivity index (χ1) is 5.71. The number of aliphatic hydroxyl groups excluding tert-OH is 1. The highest BCUT2D eigenvalue weighted by atomic mass is 16.3. The Kier molecular flexibility index (Phi) is 2.74. The minimum absolute atomic E-state index is 0.0858. The Morgan fingerprint density at radius 2 is 2.42 bits per heavy atom. The quantitative estimate of drug-likeness (QED) is 0.695. The summed E-state index contributed by atoms with van der Waals surface area (Å²) in [6.07, 6.45) is 2.87. The van der Waals surface area contributed by atoms with Crippen molar-refractivity contribution in [3.63, 3.8) is 0 Å². The van der Waals surface area contributed by atoms with Gasteiger partial charge in [-0.25, -0.2) is 0 Å². The van der Waals surface area contributed by atoms with E-state index in [4.69, 9.17) is 10.4 Å². The molecule has 0 aromatic rings. The Balaban J connectivity index is 2.54. The van der Waals surface area contributed by atoms with E-state index in [-0.39, 0.29) is 12.0 Å². The van der Waals surface area contributed by atoms with Crippen LogP contribution >= 0.6 is 0 Å². The Hall–Kier alpha value is -0.550. The number of nitriles is 1. The molecule has 0 radical (unpaired) electrons. The summed E-state index contributed by atoms with van der Waals surface area (Å²) in [5.41, 5.74) is -0.0858. The van der Waals surface area contributed by atoms with Gasteiger partial charge in [0.1, 0.15) is 0 Å². The Morgan fingerprint density at radius 1 is 1.75 bits per heavy atom. The molecule has 1 rings (SSSR count). The van der Waals surface area contributed by atoms with Crippen molar-refractivity contribution >= 4 is 0 Å². The van der Waals surface area contributed by atoms with Gasteiger partial charge in [-0.05, 0) is 24.7 Å². The third kappa shape index (κ3) is 1.34. The first kappa shape index (κ1) is 9.54. The van der Waals surface area contributed by atoms with E-state index in [1.165, 1.54) is 0 Å². The fourth-order valence-electron chi connectivity index (χ4n) is 2.08. The van der Waals surface area contributed by atoms with Crippen molar-refractivity contribution in [2.24, 2.45) is 17.3 Å². The summed E-state index contributed by atoms with van der Waals surface area (Å²) < 4.78 is 0. The van der Waals surface area contributed by atoms with Gasteiger partial charge >= 0.3 is 0 Å². The SMILES string of the molecule is CCC(C)C1(C#N)CC1CCO. The fourth-order valence-corrected chi connectivity index (χ4v) is 2.08. The number of aliphatic hydroxyl groups is 1. The molecule has 2 heteroatoms. The summed E-state index contributed by atoms with van der Waals surface area (Å²) in [5, 5.41) is 17.8. The van der Waals surface area contributed by atoms with Crippen LogP contribution in [-0.4, -0.2) is 11.7 Å². The lowest BCUT2D eigenvalue weighted by Crippen LogP contribution is -2.13. The average Bonchev–Trinajstić information content (AvgIpc) is 2.79. The van der Waals surface area contributed by atoms with Gasteiger partial charge in [0.15, 0.2) is 0 Å². The van der Waals surface area contributed by atoms with E-state index < -0.39 is 0 Å². The molecular weight excluding hydrogens is 150 g/mol. The molecule has 68 valence electrons. The van der Waals surface area contributed by atoms with Crippen molar-refractivity contribution in [1.29, 1.82) is 5.26 Å². The topological polar surface area (TPSA) is 44.0 Å². The predicted octanol–water partition coefficient (Wildman–Crippen LogP) is 1.94. The standard InChI is InChI=1S/C10H17NO/c1-3-8(2)10(7-11)6-9(10)4-5-12/h8-9,12H,3-6H2,1-2H3. The molecule has 0 heterocycles. The molecule has 0 spiro atoms. The summed E-state index contributed by atoms with van der Waals surface area (Å²) in [6, 6.07) is 2.43. The molecule has 0 aromatic carbocycles. The van der Waals surface area contributed by atoms with Gasteiger partial charge in [-0.3, -0.25) is 0 Å². The lowest BCUT2D eigenvalue weighted by Gasteiger charge is -2.15. The van der Waals surface area contributed by atoms with E-state index in [0.29, 0.717) is 11.8 Å². The highest BCUT2D eigenvalue weighted by molar-refractivity contribution is 5.17. The lowest BCUT2D eigenvalue weighted by molar-refractivity contribution is 0.262. The third-order valence-corrected chi connectivity index (χ3v) is 3.33. The van der Waals surface area contributed by atoms with Crippen molar-refractivity contribution in [2.45, 2.75) is 33.1 Å². The Bertz CT molecular complexity index is 197. The van der Waals surface area contributed by atoms with Crippen LogP contribution < -0.4 is 0 Å². The second-order valence-corrected chi connectivity index (χ2v) is 3.87. The summed E-state index contributed by atoms with van der Waals surface area (Å²) in [5.74, 6) is 0.946. The lowest BCUT2D eigenvalue weighted by atomic mass is 9.87. The Morgan fingerprint density at radius 3 is 2.83 bits per heavy atom. The maximum Gasteiger partial charge on any atom is 0.0695 e. The van der Waals surface area contributed by atoms with E-state index in [1.54, 1.807) is 0 Å². The zero-order chi connectivity index (χ0) is 9.19. The summed E-state index contributed by atoms with van der Waals surface area (Å²) in [6.45, 7) is 4.49. The molecule has 1 saturated carbocycles. The summed E-state index contributed by atoms with van der Waals surface area (Å²) in [7, 11) is 0. The van der Waals surface area contributed by atoms with E-state index in [0.717, 1.165) is 19.3 Å². The zero-order valence-corrected chi connectivity index (χ0v) is 7.88. The van der Waals surface area contributed by atoms with Crippen LogP contribution in [0.4, 0.5) is 0 Å². The van der Waals surface area contributed by atoms with Crippen LogP contribution in [0.3, 0.4) is 0 Å². The van der Waals surface area contributed by atoms with Gasteiger partial charge in [0.2, 0.25) is 0 Å². The molecule has 1 aliphatic rings. The third-order valence-electron chi connectivity index (χ3n) is 3.33. The zero-order valence-electron chi connectivity index (χ0n) is 7.88. The van der Waals surface area contributed by atoms with Crippen molar-refractivity contribution in [2.75, 3.05) is 6.61 Å². The molecule has 1 N–H and O–H groups in total. The molecule has 3 atom stereocenters. The summed E-state index contributed by atoms with van der Waals surface area (Å²) in [4.78, 5) is 0. The maximum absolute atomic E-state index is 9.02. The van der Waals surface area contributed by atoms with Gasteiger partial charge in [0.25, 0.3) is 0 Å². The molecule has 0 aliphatic heterocycles. The van der Waals surface area contributed by atoms with Crippen LogP contribution in [-0.2, 0) is 0 Å². The molecule has 0 aromatic heterocycles. The molecule has 3 unspecified atom stereocenters. The highest BCUT2D eigenvalue weighted by Crippen LogP contribution is 2.59. The van der Waals surface area contributed by atoms with Crippen molar-refractivity contribution in [3.8, 4) is 6.07 Å². The van der Waals surface area contributed by atoms with Crippen molar-refractivity contribution in [1.82, 2.24) is 0 Å². The van der Waals surface area contributed by atoms with Gasteiger partial charge in [0.05, 0.1) is 11.5 Å². The fraction of sp³-hybridized carbons (Fsp3) is 0.900. The Labute approximate surface area is 74.2 Å². The largest absolute Gasteiger partial charge is 0.396 e. The van der Waals surface area contributed by atoms with Gasteiger partial charge < -0.3 is 5.11 Å². The van der Waals surface area contributed by atoms with E-state index in [9.17, 15) is 0 Å². The van der Waals surface area contributed by atoms with Gasteiger partial charge in [-0.2, -0.15) is 5.26 Å². The number of hydrogen-bond acceptors (Lipinski definition) is 2. The van der Waals surface area contributed by atoms with Crippen molar-refractivity contribution in [3.05, 3.63) is 0 Å². The number of nitrogens with zero attached hydrogens (tertiary/aromatic N) is 1. The van der Waals surface area contributed by atoms with Crippen LogP contribution in [0.1, 0.15) is 33.1 Å². The second-order valence-electron chi connectivity index (χ2n) is 3.87. The van der Waals surface area contributed by atoms with Crippen LogP contribution in [0.2, 0.25) is 0 Å². The first-order valence-electron chi connectivity index (χ1n) is 4.73. The minimum Gasteiger partial charge on any atom is -0.396 e. The molecule has 1 aliphatic carbocycles. The first-order valence-corrected chi connectivity index (χ1v) is 4.73. The molecule has 0 bridgehead atoms. The second kappa shape index (κ2) is 3.45. The molecular formula is C10H17NO. The van der Waals surface area contributed by atoms with Crippen LogP contribution in [0, 0.1) is 28.6 Å². The molecule has 1 fully saturated rings. The van der Waals surface area contributed by atoms with Gasteiger partial charge in [-0.1, -0.05) is 20.3 Å². The molecule has 12 heavy (non-hydrogen) atoms. The number of rotatable bonds is 4. The maximum atomic E-state index is 9.02. The minimum atomic E-state index is -0.0858. The van der Waals surface area contributed by atoms with Gasteiger partial charge in [0, 0.05) is 6.61 Å². The summed E-state index contributed by atoms with van der Waals surface area (Å²) >= 11 is 0. The van der Waals surface area contributed by atoms with Crippen LogP contribution in [0.15, 0.2) is 0 Å². The molecule has 0 amide bonds. The monoisotopic (exact) mass is 167 g/mol. The van der Waals surface area contributed by atoms with Crippen LogP contribution in [0.25, 0.3) is 0 Å².